The zero-order chi connectivity index (χ0) is 17.7. The van der Waals surface area contributed by atoms with Gasteiger partial charge >= 0.3 is 5.97 Å². The molecule has 0 saturated carbocycles. The number of carbonyl (C=O) groups excluding carboxylic acids is 1. The van der Waals surface area contributed by atoms with Crippen LogP contribution in [-0.4, -0.2) is 38.2 Å². The quantitative estimate of drug-likeness (QED) is 0.610. The van der Waals surface area contributed by atoms with Crippen LogP contribution in [0.3, 0.4) is 0 Å². The topological polar surface area (TPSA) is 82.1 Å². The third-order valence-electron chi connectivity index (χ3n) is 3.24. The lowest BCUT2D eigenvalue weighted by Crippen LogP contribution is -1.96. The van der Waals surface area contributed by atoms with Crippen LogP contribution < -0.4 is 14.2 Å². The molecule has 0 unspecified atom stereocenters. The Bertz CT molecular complexity index is 790. The maximum atomic E-state index is 12.2. The van der Waals surface area contributed by atoms with Gasteiger partial charge in [0, 0.05) is 22.6 Å². The van der Waals surface area contributed by atoms with Crippen LogP contribution in [0.25, 0.3) is 6.08 Å². The summed E-state index contributed by atoms with van der Waals surface area (Å²) in [6, 6.07) is 4.71. The lowest BCUT2D eigenvalue weighted by atomic mass is 10.1. The predicted octanol–water partition coefficient (Wildman–Crippen LogP) is 3.37. The molecule has 0 aliphatic heterocycles. The number of rotatable bonds is 7. The molecule has 6 nitrogen and oxygen atoms in total. The van der Waals surface area contributed by atoms with Gasteiger partial charge in [0.1, 0.15) is 10.6 Å². The maximum Gasteiger partial charge on any atom is 0.345 e. The number of ketones is 1. The molecule has 1 N–H and O–H groups in total. The van der Waals surface area contributed by atoms with Gasteiger partial charge in [-0.25, -0.2) is 4.79 Å². The first-order chi connectivity index (χ1) is 11.5. The first-order valence-corrected chi connectivity index (χ1v) is 7.72. The number of hydrogen-bond donors (Lipinski definition) is 1. The number of carboxylic acid groups (broad SMARTS) is 1. The average molecular weight is 348 g/mol. The van der Waals surface area contributed by atoms with Crippen molar-refractivity contribution in [2.45, 2.75) is 0 Å². The Morgan fingerprint density at radius 3 is 2.17 bits per heavy atom. The van der Waals surface area contributed by atoms with Crippen LogP contribution in [0.15, 0.2) is 29.7 Å². The fourth-order valence-electron chi connectivity index (χ4n) is 2.02. The van der Waals surface area contributed by atoms with Gasteiger partial charge in [0.15, 0.2) is 17.3 Å². The highest BCUT2D eigenvalue weighted by Gasteiger charge is 2.12. The second-order valence-corrected chi connectivity index (χ2v) is 5.56. The van der Waals surface area contributed by atoms with E-state index in [-0.39, 0.29) is 10.7 Å². The number of benzene rings is 1. The van der Waals surface area contributed by atoms with Gasteiger partial charge in [0.2, 0.25) is 0 Å². The summed E-state index contributed by atoms with van der Waals surface area (Å²) in [7, 11) is 4.55. The summed E-state index contributed by atoms with van der Waals surface area (Å²) in [5.74, 6) is 0.198. The summed E-state index contributed by atoms with van der Waals surface area (Å²) in [6.45, 7) is 0. The molecule has 126 valence electrons. The summed E-state index contributed by atoms with van der Waals surface area (Å²) >= 11 is 1.01. The molecule has 0 fully saturated rings. The fourth-order valence-corrected chi connectivity index (χ4v) is 2.76. The lowest BCUT2D eigenvalue weighted by Gasteiger charge is -2.12. The van der Waals surface area contributed by atoms with Crippen molar-refractivity contribution in [3.05, 3.63) is 45.7 Å². The Morgan fingerprint density at radius 1 is 1.00 bits per heavy atom. The van der Waals surface area contributed by atoms with Crippen molar-refractivity contribution in [3.8, 4) is 17.2 Å². The molecule has 1 heterocycles. The molecule has 1 aromatic carbocycles. The molecule has 0 aliphatic rings. The molecule has 24 heavy (non-hydrogen) atoms. The number of carbonyl (C=O) groups is 2. The molecule has 0 saturated heterocycles. The molecule has 0 amide bonds. The molecule has 1 aromatic heterocycles. The Hall–Kier alpha value is -2.80. The molecule has 0 aliphatic carbocycles. The van der Waals surface area contributed by atoms with E-state index >= 15 is 0 Å². The van der Waals surface area contributed by atoms with Gasteiger partial charge < -0.3 is 19.3 Å². The molecule has 0 spiro atoms. The molecule has 2 rings (SSSR count). The summed E-state index contributed by atoms with van der Waals surface area (Å²) < 4.78 is 15.7. The van der Waals surface area contributed by atoms with Crippen molar-refractivity contribution in [3.63, 3.8) is 0 Å². The zero-order valence-corrected chi connectivity index (χ0v) is 14.2. The van der Waals surface area contributed by atoms with Crippen LogP contribution >= 0.6 is 11.3 Å². The Kier molecular flexibility index (Phi) is 5.59. The molecule has 0 radical (unpaired) electrons. The van der Waals surface area contributed by atoms with Gasteiger partial charge in [-0.15, -0.1) is 11.3 Å². The molecule has 0 bridgehead atoms. The largest absolute Gasteiger partial charge is 0.496 e. The zero-order valence-electron chi connectivity index (χ0n) is 13.4. The number of carboxylic acids is 1. The van der Waals surface area contributed by atoms with Gasteiger partial charge in [-0.05, 0) is 24.3 Å². The molecule has 0 atom stereocenters. The van der Waals surface area contributed by atoms with Crippen molar-refractivity contribution in [1.82, 2.24) is 0 Å². The summed E-state index contributed by atoms with van der Waals surface area (Å²) in [5, 5.41) is 10.4. The van der Waals surface area contributed by atoms with E-state index in [1.54, 1.807) is 18.2 Å². The highest BCUT2D eigenvalue weighted by Crippen LogP contribution is 2.35. The third-order valence-corrected chi connectivity index (χ3v) is 4.16. The van der Waals surface area contributed by atoms with E-state index in [1.165, 1.54) is 38.9 Å². The van der Waals surface area contributed by atoms with E-state index in [0.29, 0.717) is 28.4 Å². The monoisotopic (exact) mass is 348 g/mol. The third kappa shape index (κ3) is 3.75. The fraction of sp³-hybridized carbons (Fsp3) is 0.176. The summed E-state index contributed by atoms with van der Waals surface area (Å²) in [5.41, 5.74) is 0.963. The molecular formula is C17H16O6S. The van der Waals surface area contributed by atoms with Gasteiger partial charge in [0.25, 0.3) is 0 Å². The molecule has 2 aromatic rings. The summed E-state index contributed by atoms with van der Waals surface area (Å²) in [6.07, 6.45) is 2.94. The number of allylic oxidation sites excluding steroid dienone is 1. The highest BCUT2D eigenvalue weighted by molar-refractivity contribution is 7.12. The predicted molar refractivity (Wildman–Crippen MR) is 90.7 cm³/mol. The molecular weight excluding hydrogens is 332 g/mol. The lowest BCUT2D eigenvalue weighted by molar-refractivity contribution is 0.0702. The highest BCUT2D eigenvalue weighted by atomic mass is 32.1. The number of thiophene rings is 1. The number of hydrogen-bond acceptors (Lipinski definition) is 6. The smallest absolute Gasteiger partial charge is 0.345 e. The number of methoxy groups -OCH3 is 3. The van der Waals surface area contributed by atoms with Crippen LogP contribution in [0.4, 0.5) is 0 Å². The Labute approximate surface area is 142 Å². The van der Waals surface area contributed by atoms with Crippen LogP contribution in [0.1, 0.15) is 25.6 Å². The van der Waals surface area contributed by atoms with Crippen molar-refractivity contribution in [2.75, 3.05) is 21.3 Å². The van der Waals surface area contributed by atoms with E-state index in [1.807, 2.05) is 0 Å². The van der Waals surface area contributed by atoms with E-state index in [2.05, 4.69) is 0 Å². The van der Waals surface area contributed by atoms with Gasteiger partial charge in [-0.3, -0.25) is 4.79 Å². The van der Waals surface area contributed by atoms with Gasteiger partial charge in [-0.1, -0.05) is 0 Å². The van der Waals surface area contributed by atoms with Crippen LogP contribution in [-0.2, 0) is 0 Å². The van der Waals surface area contributed by atoms with E-state index in [9.17, 15) is 9.59 Å². The van der Waals surface area contributed by atoms with E-state index in [4.69, 9.17) is 19.3 Å². The SMILES string of the molecule is COc1cc(OC)c(OC)cc1C=CC(=O)c1csc(C(=O)O)c1. The second kappa shape index (κ2) is 7.65. The van der Waals surface area contributed by atoms with Crippen molar-refractivity contribution >= 4 is 29.2 Å². The summed E-state index contributed by atoms with van der Waals surface area (Å²) in [4.78, 5) is 23.2. The number of aromatic carboxylic acids is 1. The minimum Gasteiger partial charge on any atom is -0.496 e. The van der Waals surface area contributed by atoms with Crippen molar-refractivity contribution in [2.24, 2.45) is 0 Å². The normalized spacial score (nSPS) is 10.6. The maximum absolute atomic E-state index is 12.2. The second-order valence-electron chi connectivity index (χ2n) is 4.65. The van der Waals surface area contributed by atoms with Crippen molar-refractivity contribution in [1.29, 1.82) is 0 Å². The first-order valence-electron chi connectivity index (χ1n) is 6.84. The minimum atomic E-state index is -1.05. The van der Waals surface area contributed by atoms with Gasteiger partial charge in [-0.2, -0.15) is 0 Å². The number of ether oxygens (including phenoxy) is 3. The molecule has 7 heteroatoms. The van der Waals surface area contributed by atoms with E-state index in [0.717, 1.165) is 11.3 Å². The average Bonchev–Trinajstić information content (AvgIpc) is 3.09. The van der Waals surface area contributed by atoms with Crippen LogP contribution in [0.5, 0.6) is 17.2 Å². The Morgan fingerprint density at radius 2 is 1.62 bits per heavy atom. The van der Waals surface area contributed by atoms with Crippen LogP contribution in [0.2, 0.25) is 0 Å². The van der Waals surface area contributed by atoms with E-state index < -0.39 is 5.97 Å². The Balaban J connectivity index is 2.29. The van der Waals surface area contributed by atoms with Crippen LogP contribution in [0, 0.1) is 0 Å². The standard InChI is InChI=1S/C17H16O6S/c1-21-13-8-15(23-3)14(22-2)6-10(13)4-5-12(18)11-7-16(17(19)20)24-9-11/h4-9H,1-3H3,(H,19,20). The first kappa shape index (κ1) is 17.6. The minimum absolute atomic E-state index is 0.121. The van der Waals surface area contributed by atoms with Crippen molar-refractivity contribution < 1.29 is 28.9 Å². The van der Waals surface area contributed by atoms with Gasteiger partial charge in [0.05, 0.1) is 21.3 Å².